The molecule has 0 bridgehead atoms. The van der Waals surface area contributed by atoms with E-state index in [2.05, 4.69) is 15.2 Å². The van der Waals surface area contributed by atoms with E-state index in [4.69, 9.17) is 11.6 Å². The van der Waals surface area contributed by atoms with E-state index in [1.807, 2.05) is 10.6 Å². The number of halogens is 1. The molecular weight excluding hydrogens is 236 g/mol. The average Bonchev–Trinajstić information content (AvgIpc) is 2.59. The lowest BCUT2D eigenvalue weighted by atomic mass is 10.00. The lowest BCUT2D eigenvalue weighted by molar-refractivity contribution is 0.555. The van der Waals surface area contributed by atoms with Crippen LogP contribution in [0, 0.1) is 0 Å². The first kappa shape index (κ1) is 11.0. The van der Waals surface area contributed by atoms with Gasteiger partial charge in [0.15, 0.2) is 10.8 Å². The second-order valence-corrected chi connectivity index (χ2v) is 5.02. The van der Waals surface area contributed by atoms with Gasteiger partial charge in [-0.15, -0.1) is 10.2 Å². The molecule has 0 spiro atoms. The van der Waals surface area contributed by atoms with Crippen LogP contribution >= 0.6 is 11.6 Å². The van der Waals surface area contributed by atoms with Crippen molar-refractivity contribution in [3.8, 4) is 0 Å². The smallest absolute Gasteiger partial charge is 0.198 e. The first-order valence-corrected chi connectivity index (χ1v) is 6.59. The van der Waals surface area contributed by atoms with Crippen molar-refractivity contribution >= 4 is 17.2 Å². The van der Waals surface area contributed by atoms with E-state index in [1.165, 1.54) is 38.5 Å². The molecule has 0 radical (unpaired) electrons. The zero-order chi connectivity index (χ0) is 11.7. The largest absolute Gasteiger partial charge is 0.282 e. The molecule has 0 aliphatic heterocycles. The third kappa shape index (κ3) is 2.02. The van der Waals surface area contributed by atoms with E-state index in [0.717, 1.165) is 5.82 Å². The molecule has 0 saturated heterocycles. The Balaban J connectivity index is 2.02. The summed E-state index contributed by atoms with van der Waals surface area (Å²) in [5.74, 6) is 1.57. The molecule has 1 aliphatic rings. The second kappa shape index (κ2) is 4.61. The molecule has 1 saturated carbocycles. The Bertz CT molecular complexity index is 514. The SMILES string of the molecule is Clc1nccn2c(C3CCCCCC3)nnc12. The second-order valence-electron chi connectivity index (χ2n) is 4.66. The van der Waals surface area contributed by atoms with Crippen LogP contribution in [-0.2, 0) is 0 Å². The van der Waals surface area contributed by atoms with Crippen molar-refractivity contribution in [2.45, 2.75) is 44.4 Å². The molecule has 3 rings (SSSR count). The van der Waals surface area contributed by atoms with Crippen LogP contribution in [0.4, 0.5) is 0 Å². The molecule has 2 aromatic rings. The molecule has 17 heavy (non-hydrogen) atoms. The number of aromatic nitrogens is 4. The molecule has 0 aromatic carbocycles. The molecule has 90 valence electrons. The summed E-state index contributed by atoms with van der Waals surface area (Å²) in [6, 6.07) is 0. The summed E-state index contributed by atoms with van der Waals surface area (Å²) < 4.78 is 1.99. The van der Waals surface area contributed by atoms with Gasteiger partial charge in [0.1, 0.15) is 5.82 Å². The Morgan fingerprint density at radius 3 is 2.65 bits per heavy atom. The van der Waals surface area contributed by atoms with Crippen LogP contribution in [0.25, 0.3) is 5.65 Å². The van der Waals surface area contributed by atoms with Crippen molar-refractivity contribution in [1.82, 2.24) is 19.6 Å². The predicted molar refractivity (Wildman–Crippen MR) is 66.2 cm³/mol. The van der Waals surface area contributed by atoms with Crippen molar-refractivity contribution in [3.63, 3.8) is 0 Å². The maximum Gasteiger partial charge on any atom is 0.198 e. The van der Waals surface area contributed by atoms with E-state index in [1.54, 1.807) is 6.20 Å². The highest BCUT2D eigenvalue weighted by atomic mass is 35.5. The molecule has 2 aromatic heterocycles. The molecule has 0 amide bonds. The Morgan fingerprint density at radius 1 is 1.12 bits per heavy atom. The van der Waals surface area contributed by atoms with Gasteiger partial charge in [-0.25, -0.2) is 4.98 Å². The zero-order valence-electron chi connectivity index (χ0n) is 9.64. The number of hydrogen-bond donors (Lipinski definition) is 0. The molecule has 0 atom stereocenters. The third-order valence-electron chi connectivity index (χ3n) is 3.53. The predicted octanol–water partition coefficient (Wildman–Crippen LogP) is 3.22. The first-order valence-electron chi connectivity index (χ1n) is 6.21. The topological polar surface area (TPSA) is 43.1 Å². The Kier molecular flexibility index (Phi) is 2.97. The van der Waals surface area contributed by atoms with E-state index in [-0.39, 0.29) is 0 Å². The van der Waals surface area contributed by atoms with Gasteiger partial charge in [-0.1, -0.05) is 37.3 Å². The zero-order valence-corrected chi connectivity index (χ0v) is 10.4. The van der Waals surface area contributed by atoms with Gasteiger partial charge in [-0.05, 0) is 12.8 Å². The number of rotatable bonds is 1. The maximum absolute atomic E-state index is 6.01. The van der Waals surface area contributed by atoms with Gasteiger partial charge in [0.2, 0.25) is 0 Å². The summed E-state index contributed by atoms with van der Waals surface area (Å²) in [6.45, 7) is 0. The fraction of sp³-hybridized carbons (Fsp3) is 0.583. The maximum atomic E-state index is 6.01. The van der Waals surface area contributed by atoms with Crippen LogP contribution in [0.3, 0.4) is 0 Å². The molecule has 4 nitrogen and oxygen atoms in total. The summed E-state index contributed by atoms with van der Waals surface area (Å²) in [6.07, 6.45) is 11.3. The Morgan fingerprint density at radius 2 is 1.88 bits per heavy atom. The van der Waals surface area contributed by atoms with Crippen LogP contribution in [0.5, 0.6) is 0 Å². The fourth-order valence-corrected chi connectivity index (χ4v) is 2.82. The summed E-state index contributed by atoms with van der Waals surface area (Å²) in [7, 11) is 0. The molecule has 5 heteroatoms. The third-order valence-corrected chi connectivity index (χ3v) is 3.80. The fourth-order valence-electron chi connectivity index (χ4n) is 2.63. The highest BCUT2D eigenvalue weighted by molar-refractivity contribution is 6.32. The van der Waals surface area contributed by atoms with E-state index in [0.29, 0.717) is 16.7 Å². The van der Waals surface area contributed by atoms with Gasteiger partial charge in [-0.2, -0.15) is 0 Å². The van der Waals surface area contributed by atoms with Crippen molar-refractivity contribution in [2.75, 3.05) is 0 Å². The minimum Gasteiger partial charge on any atom is -0.282 e. The molecule has 0 unspecified atom stereocenters. The van der Waals surface area contributed by atoms with Crippen molar-refractivity contribution in [2.24, 2.45) is 0 Å². The van der Waals surface area contributed by atoms with Crippen molar-refractivity contribution in [1.29, 1.82) is 0 Å². The van der Waals surface area contributed by atoms with Crippen LogP contribution in [0.15, 0.2) is 12.4 Å². The minimum atomic E-state index is 0.430. The van der Waals surface area contributed by atoms with Gasteiger partial charge in [0, 0.05) is 18.3 Å². The van der Waals surface area contributed by atoms with Gasteiger partial charge in [-0.3, -0.25) is 4.40 Å². The first-order chi connectivity index (χ1) is 8.36. The van der Waals surface area contributed by atoms with Crippen molar-refractivity contribution in [3.05, 3.63) is 23.4 Å². The van der Waals surface area contributed by atoms with Gasteiger partial charge < -0.3 is 0 Å². The van der Waals surface area contributed by atoms with Crippen LogP contribution < -0.4 is 0 Å². The van der Waals surface area contributed by atoms with Gasteiger partial charge >= 0.3 is 0 Å². The van der Waals surface area contributed by atoms with E-state index in [9.17, 15) is 0 Å². The molecular formula is C12H15ClN4. The summed E-state index contributed by atoms with van der Waals surface area (Å²) in [4.78, 5) is 4.03. The number of hydrogen-bond acceptors (Lipinski definition) is 3. The number of nitrogens with zero attached hydrogens (tertiary/aromatic N) is 4. The highest BCUT2D eigenvalue weighted by Gasteiger charge is 2.20. The highest BCUT2D eigenvalue weighted by Crippen LogP contribution is 2.31. The summed E-state index contributed by atoms with van der Waals surface area (Å²) >= 11 is 6.01. The van der Waals surface area contributed by atoms with Crippen LogP contribution in [0.1, 0.15) is 50.3 Å². The number of fused-ring (bicyclic) bond motifs is 1. The summed E-state index contributed by atoms with van der Waals surface area (Å²) in [5.41, 5.74) is 0.674. The molecule has 1 fully saturated rings. The Labute approximate surface area is 105 Å². The standard InChI is InChI=1S/C12H15ClN4/c13-10-12-16-15-11(17(12)8-7-14-10)9-5-3-1-2-4-6-9/h7-9H,1-6H2. The van der Waals surface area contributed by atoms with Crippen molar-refractivity contribution < 1.29 is 0 Å². The monoisotopic (exact) mass is 250 g/mol. The Hall–Kier alpha value is -1.16. The molecule has 2 heterocycles. The quantitative estimate of drug-likeness (QED) is 0.730. The van der Waals surface area contributed by atoms with Gasteiger partial charge in [0.05, 0.1) is 0 Å². The normalized spacial score (nSPS) is 18.4. The molecule has 0 N–H and O–H groups in total. The lowest BCUT2D eigenvalue weighted by Crippen LogP contribution is -2.03. The summed E-state index contributed by atoms with van der Waals surface area (Å²) in [5, 5.41) is 8.88. The van der Waals surface area contributed by atoms with Gasteiger partial charge in [0.25, 0.3) is 0 Å². The average molecular weight is 251 g/mol. The van der Waals surface area contributed by atoms with Crippen LogP contribution in [-0.4, -0.2) is 19.6 Å². The minimum absolute atomic E-state index is 0.430. The lowest BCUT2D eigenvalue weighted by Gasteiger charge is -2.11. The molecule has 1 aliphatic carbocycles. The van der Waals surface area contributed by atoms with E-state index >= 15 is 0 Å². The van der Waals surface area contributed by atoms with E-state index < -0.39 is 0 Å². The van der Waals surface area contributed by atoms with Crippen LogP contribution in [0.2, 0.25) is 5.15 Å².